The van der Waals surface area contributed by atoms with E-state index >= 15 is 0 Å². The van der Waals surface area contributed by atoms with Crippen molar-refractivity contribution in [1.29, 1.82) is 0 Å². The van der Waals surface area contributed by atoms with Crippen molar-refractivity contribution in [1.82, 2.24) is 10.2 Å². The quantitative estimate of drug-likeness (QED) is 0.787. The highest BCUT2D eigenvalue weighted by Crippen LogP contribution is 2.32. The predicted molar refractivity (Wildman–Crippen MR) is 75.9 cm³/mol. The maximum Gasteiger partial charge on any atom is 0.0547 e. The van der Waals surface area contributed by atoms with E-state index in [2.05, 4.69) is 31.0 Å². The van der Waals surface area contributed by atoms with Crippen LogP contribution in [-0.2, 0) is 4.74 Å². The zero-order valence-electron chi connectivity index (χ0n) is 12.4. The fraction of sp³-hybridized carbons (Fsp3) is 1.00. The second-order valence-electron chi connectivity index (χ2n) is 6.51. The Morgan fingerprint density at radius 3 is 2.89 bits per heavy atom. The van der Waals surface area contributed by atoms with Crippen molar-refractivity contribution in [3.63, 3.8) is 0 Å². The number of hydrogen-bond acceptors (Lipinski definition) is 3. The van der Waals surface area contributed by atoms with Crippen LogP contribution in [0, 0.1) is 5.41 Å². The molecule has 0 aromatic heterocycles. The van der Waals surface area contributed by atoms with Crippen LogP contribution < -0.4 is 5.32 Å². The average Bonchev–Trinajstić information content (AvgIpc) is 2.97. The highest BCUT2D eigenvalue weighted by molar-refractivity contribution is 4.92. The number of likely N-dealkylation sites (tertiary alicyclic amines) is 1. The molecular weight excluding hydrogens is 224 g/mol. The van der Waals surface area contributed by atoms with E-state index in [1.165, 1.54) is 38.8 Å². The zero-order valence-corrected chi connectivity index (χ0v) is 12.4. The standard InChI is InChI=1S/C15H30N2O/c1-4-14-6-5-8-17(14)11-15(7-9-18-12-15)10-16-13(2)3/h13-14,16H,4-12H2,1-3H3. The molecule has 0 aliphatic carbocycles. The first kappa shape index (κ1) is 14.3. The molecule has 2 heterocycles. The summed E-state index contributed by atoms with van der Waals surface area (Å²) in [6.45, 7) is 12.3. The molecule has 2 aliphatic heterocycles. The summed E-state index contributed by atoms with van der Waals surface area (Å²) >= 11 is 0. The van der Waals surface area contributed by atoms with Gasteiger partial charge in [0.05, 0.1) is 6.61 Å². The molecule has 2 atom stereocenters. The smallest absolute Gasteiger partial charge is 0.0547 e. The van der Waals surface area contributed by atoms with Crippen molar-refractivity contribution in [3.8, 4) is 0 Å². The molecule has 106 valence electrons. The molecule has 1 N–H and O–H groups in total. The van der Waals surface area contributed by atoms with E-state index in [-0.39, 0.29) is 0 Å². The van der Waals surface area contributed by atoms with Gasteiger partial charge in [-0.1, -0.05) is 20.8 Å². The summed E-state index contributed by atoms with van der Waals surface area (Å²) < 4.78 is 5.71. The SMILES string of the molecule is CCC1CCCN1CC1(CNC(C)C)CCOC1. The first-order chi connectivity index (χ1) is 8.65. The van der Waals surface area contributed by atoms with E-state index in [1.807, 2.05) is 0 Å². The van der Waals surface area contributed by atoms with Gasteiger partial charge in [-0.2, -0.15) is 0 Å². The van der Waals surface area contributed by atoms with Gasteiger partial charge in [0.1, 0.15) is 0 Å². The second kappa shape index (κ2) is 6.36. The Hall–Kier alpha value is -0.120. The van der Waals surface area contributed by atoms with Crippen molar-refractivity contribution in [2.24, 2.45) is 5.41 Å². The lowest BCUT2D eigenvalue weighted by Gasteiger charge is -2.35. The fourth-order valence-electron chi connectivity index (χ4n) is 3.39. The molecule has 2 rings (SSSR count). The van der Waals surface area contributed by atoms with Crippen LogP contribution >= 0.6 is 0 Å². The molecule has 0 radical (unpaired) electrons. The molecule has 0 aromatic rings. The van der Waals surface area contributed by atoms with Crippen LogP contribution in [0.3, 0.4) is 0 Å². The van der Waals surface area contributed by atoms with Crippen molar-refractivity contribution in [3.05, 3.63) is 0 Å². The van der Waals surface area contributed by atoms with Gasteiger partial charge < -0.3 is 10.1 Å². The number of hydrogen-bond donors (Lipinski definition) is 1. The minimum Gasteiger partial charge on any atom is -0.381 e. The third-order valence-electron chi connectivity index (χ3n) is 4.58. The molecule has 0 bridgehead atoms. The summed E-state index contributed by atoms with van der Waals surface area (Å²) in [4.78, 5) is 2.72. The maximum absolute atomic E-state index is 5.71. The third-order valence-corrected chi connectivity index (χ3v) is 4.58. The first-order valence-electron chi connectivity index (χ1n) is 7.70. The van der Waals surface area contributed by atoms with Crippen LogP contribution in [0.5, 0.6) is 0 Å². The van der Waals surface area contributed by atoms with Gasteiger partial charge in [0, 0.05) is 37.2 Å². The lowest BCUT2D eigenvalue weighted by molar-refractivity contribution is 0.0997. The van der Waals surface area contributed by atoms with Gasteiger partial charge in [-0.3, -0.25) is 4.90 Å². The lowest BCUT2D eigenvalue weighted by atomic mass is 9.86. The number of nitrogens with one attached hydrogen (secondary N) is 1. The summed E-state index contributed by atoms with van der Waals surface area (Å²) in [6.07, 6.45) is 5.30. The summed E-state index contributed by atoms with van der Waals surface area (Å²) in [7, 11) is 0. The molecule has 2 saturated heterocycles. The average molecular weight is 254 g/mol. The Morgan fingerprint density at radius 1 is 1.44 bits per heavy atom. The molecule has 0 saturated carbocycles. The molecule has 2 fully saturated rings. The van der Waals surface area contributed by atoms with Crippen LogP contribution in [0.25, 0.3) is 0 Å². The van der Waals surface area contributed by atoms with Gasteiger partial charge in [0.15, 0.2) is 0 Å². The third kappa shape index (κ3) is 3.46. The summed E-state index contributed by atoms with van der Waals surface area (Å²) in [6, 6.07) is 1.39. The molecular formula is C15H30N2O. The summed E-state index contributed by atoms with van der Waals surface area (Å²) in [5, 5.41) is 3.63. The van der Waals surface area contributed by atoms with Crippen molar-refractivity contribution in [2.75, 3.05) is 32.8 Å². The summed E-state index contributed by atoms with van der Waals surface area (Å²) in [5.74, 6) is 0. The van der Waals surface area contributed by atoms with Gasteiger partial charge in [-0.05, 0) is 32.2 Å². The molecule has 2 aliphatic rings. The lowest BCUT2D eigenvalue weighted by Crippen LogP contribution is -2.47. The van der Waals surface area contributed by atoms with E-state index in [9.17, 15) is 0 Å². The summed E-state index contributed by atoms with van der Waals surface area (Å²) in [5.41, 5.74) is 0.363. The molecule has 0 aromatic carbocycles. The first-order valence-corrected chi connectivity index (χ1v) is 7.70. The molecule has 3 heteroatoms. The van der Waals surface area contributed by atoms with Crippen LogP contribution in [0.2, 0.25) is 0 Å². The highest BCUT2D eigenvalue weighted by atomic mass is 16.5. The minimum absolute atomic E-state index is 0.363. The van der Waals surface area contributed by atoms with E-state index < -0.39 is 0 Å². The van der Waals surface area contributed by atoms with Gasteiger partial charge in [-0.15, -0.1) is 0 Å². The Bertz CT molecular complexity index is 249. The monoisotopic (exact) mass is 254 g/mol. The number of rotatable bonds is 6. The van der Waals surface area contributed by atoms with Crippen LogP contribution in [0.1, 0.15) is 46.5 Å². The fourth-order valence-corrected chi connectivity index (χ4v) is 3.39. The van der Waals surface area contributed by atoms with Crippen LogP contribution in [0.15, 0.2) is 0 Å². The molecule has 3 nitrogen and oxygen atoms in total. The van der Waals surface area contributed by atoms with Crippen molar-refractivity contribution >= 4 is 0 Å². The topological polar surface area (TPSA) is 24.5 Å². The molecule has 0 amide bonds. The maximum atomic E-state index is 5.71. The normalized spacial score (nSPS) is 33.7. The molecule has 2 unspecified atom stereocenters. The number of nitrogens with zero attached hydrogens (tertiary/aromatic N) is 1. The van der Waals surface area contributed by atoms with E-state index in [0.717, 1.165) is 25.8 Å². The molecule has 0 spiro atoms. The largest absolute Gasteiger partial charge is 0.381 e. The van der Waals surface area contributed by atoms with E-state index in [4.69, 9.17) is 4.74 Å². The van der Waals surface area contributed by atoms with Gasteiger partial charge >= 0.3 is 0 Å². The predicted octanol–water partition coefficient (Wildman–Crippen LogP) is 2.27. The van der Waals surface area contributed by atoms with Gasteiger partial charge in [0.2, 0.25) is 0 Å². The second-order valence-corrected chi connectivity index (χ2v) is 6.51. The van der Waals surface area contributed by atoms with Crippen molar-refractivity contribution < 1.29 is 4.74 Å². The van der Waals surface area contributed by atoms with Crippen molar-refractivity contribution in [2.45, 2.75) is 58.5 Å². The van der Waals surface area contributed by atoms with Gasteiger partial charge in [-0.25, -0.2) is 0 Å². The Kier molecular flexibility index (Phi) is 5.05. The van der Waals surface area contributed by atoms with Gasteiger partial charge in [0.25, 0.3) is 0 Å². The minimum atomic E-state index is 0.363. The zero-order chi connectivity index (χ0) is 13.0. The van der Waals surface area contributed by atoms with Crippen LogP contribution in [-0.4, -0.2) is 49.8 Å². The van der Waals surface area contributed by atoms with E-state index in [1.54, 1.807) is 0 Å². The Balaban J connectivity index is 1.92. The molecule has 18 heavy (non-hydrogen) atoms. The highest BCUT2D eigenvalue weighted by Gasteiger charge is 2.38. The van der Waals surface area contributed by atoms with E-state index in [0.29, 0.717) is 11.5 Å². The Labute approximate surface area is 112 Å². The van der Waals surface area contributed by atoms with Crippen LogP contribution in [0.4, 0.5) is 0 Å². The number of ether oxygens (including phenoxy) is 1. The Morgan fingerprint density at radius 2 is 2.28 bits per heavy atom.